The molecule has 0 radical (unpaired) electrons. The zero-order valence-corrected chi connectivity index (χ0v) is 15.0. The van der Waals surface area contributed by atoms with Gasteiger partial charge >= 0.3 is 143 Å². The van der Waals surface area contributed by atoms with E-state index in [0.29, 0.717) is 5.56 Å². The molecule has 0 heterocycles. The van der Waals surface area contributed by atoms with Gasteiger partial charge in [-0.3, -0.25) is 0 Å². The van der Waals surface area contributed by atoms with Gasteiger partial charge < -0.3 is 0 Å². The summed E-state index contributed by atoms with van der Waals surface area (Å²) in [5.74, 6) is -0.872. The van der Waals surface area contributed by atoms with Crippen molar-refractivity contribution in [1.29, 1.82) is 0 Å². The summed E-state index contributed by atoms with van der Waals surface area (Å²) in [5.41, 5.74) is 0.378. The molecule has 0 amide bonds. The first-order valence-electron chi connectivity index (χ1n) is 7.16. The molecule has 0 fully saturated rings. The summed E-state index contributed by atoms with van der Waals surface area (Å²) in [6.45, 7) is 0. The summed E-state index contributed by atoms with van der Waals surface area (Å²) in [6, 6.07) is 28.0. The van der Waals surface area contributed by atoms with E-state index in [4.69, 9.17) is 0 Å². The molecule has 23 heavy (non-hydrogen) atoms. The van der Waals surface area contributed by atoms with Crippen LogP contribution in [0.25, 0.3) is 0 Å². The topological polar surface area (TPSA) is 37.3 Å². The van der Waals surface area contributed by atoms with Gasteiger partial charge in [0.05, 0.1) is 0 Å². The quantitative estimate of drug-likeness (QED) is 0.689. The Morgan fingerprint density at radius 3 is 1.74 bits per heavy atom. The number of rotatable bonds is 5. The Labute approximate surface area is 143 Å². The number of aromatic carboxylic acids is 1. The van der Waals surface area contributed by atoms with Crippen LogP contribution in [-0.4, -0.2) is 24.6 Å². The minimum absolute atomic E-state index is 0.378. The van der Waals surface area contributed by atoms with E-state index in [1.807, 2.05) is 48.5 Å². The van der Waals surface area contributed by atoms with Crippen LogP contribution in [0.1, 0.15) is 10.4 Å². The van der Waals surface area contributed by atoms with Gasteiger partial charge in [-0.25, -0.2) is 0 Å². The standard InChI is InChI=1S/C19H15AsO2S/c21-19(22)17-13-7-8-14-18(17)23-20(15-9-3-1-4-10-15)16-11-5-2-6-12-16/h1-14H,(H,21,22). The number of hydrogen-bond acceptors (Lipinski definition) is 2. The van der Waals surface area contributed by atoms with Crippen LogP contribution in [-0.2, 0) is 0 Å². The Morgan fingerprint density at radius 2 is 1.22 bits per heavy atom. The normalized spacial score (nSPS) is 10.7. The summed E-state index contributed by atoms with van der Waals surface area (Å²) in [6.07, 6.45) is 0. The summed E-state index contributed by atoms with van der Waals surface area (Å²) < 4.78 is 2.60. The second kappa shape index (κ2) is 7.54. The molecule has 0 aliphatic heterocycles. The molecule has 0 aromatic heterocycles. The van der Waals surface area contributed by atoms with Gasteiger partial charge in [-0.05, 0) is 0 Å². The van der Waals surface area contributed by atoms with Crippen LogP contribution >= 0.6 is 10.0 Å². The molecular formula is C19H15AsO2S. The van der Waals surface area contributed by atoms with Crippen molar-refractivity contribution in [3.05, 3.63) is 90.5 Å². The summed E-state index contributed by atoms with van der Waals surface area (Å²) in [7, 11) is 1.71. The van der Waals surface area contributed by atoms with Crippen molar-refractivity contribution in [1.82, 2.24) is 0 Å². The fourth-order valence-corrected chi connectivity index (χ4v) is 10.3. The number of benzene rings is 3. The van der Waals surface area contributed by atoms with Gasteiger partial charge in [-0.1, -0.05) is 0 Å². The van der Waals surface area contributed by atoms with Crippen LogP contribution in [0.4, 0.5) is 0 Å². The van der Waals surface area contributed by atoms with E-state index in [-0.39, 0.29) is 0 Å². The molecule has 0 saturated heterocycles. The summed E-state index contributed by atoms with van der Waals surface area (Å²) in [4.78, 5) is 12.3. The third kappa shape index (κ3) is 3.87. The van der Waals surface area contributed by atoms with Crippen molar-refractivity contribution >= 4 is 38.2 Å². The van der Waals surface area contributed by atoms with Gasteiger partial charge in [0.25, 0.3) is 0 Å². The van der Waals surface area contributed by atoms with Gasteiger partial charge in [-0.2, -0.15) is 0 Å². The molecule has 3 rings (SSSR count). The third-order valence-corrected chi connectivity index (χ3v) is 11.8. The molecule has 0 unspecified atom stereocenters. The fourth-order valence-electron chi connectivity index (χ4n) is 2.20. The van der Waals surface area contributed by atoms with Crippen molar-refractivity contribution in [3.63, 3.8) is 0 Å². The average molecular weight is 382 g/mol. The fraction of sp³-hybridized carbons (Fsp3) is 0. The Kier molecular flexibility index (Phi) is 5.22. The van der Waals surface area contributed by atoms with Gasteiger partial charge in [-0.15, -0.1) is 0 Å². The van der Waals surface area contributed by atoms with E-state index in [1.165, 1.54) is 8.70 Å². The van der Waals surface area contributed by atoms with E-state index in [0.717, 1.165) is 4.90 Å². The van der Waals surface area contributed by atoms with E-state index in [2.05, 4.69) is 24.3 Å². The van der Waals surface area contributed by atoms with Crippen molar-refractivity contribution in [2.45, 2.75) is 4.90 Å². The monoisotopic (exact) mass is 382 g/mol. The zero-order valence-electron chi connectivity index (χ0n) is 12.3. The van der Waals surface area contributed by atoms with E-state index in [9.17, 15) is 9.90 Å². The van der Waals surface area contributed by atoms with Gasteiger partial charge in [0, 0.05) is 0 Å². The van der Waals surface area contributed by atoms with Crippen LogP contribution in [0.2, 0.25) is 0 Å². The number of carboxylic acid groups (broad SMARTS) is 1. The predicted molar refractivity (Wildman–Crippen MR) is 97.2 cm³/mol. The molecule has 3 aromatic rings. The van der Waals surface area contributed by atoms with Crippen molar-refractivity contribution in [2.75, 3.05) is 0 Å². The Hall–Kier alpha value is -1.96. The molecule has 2 nitrogen and oxygen atoms in total. The van der Waals surface area contributed by atoms with Crippen LogP contribution in [0.15, 0.2) is 89.8 Å². The van der Waals surface area contributed by atoms with Crippen molar-refractivity contribution < 1.29 is 9.90 Å². The minimum atomic E-state index is -1.68. The second-order valence-electron chi connectivity index (χ2n) is 4.86. The summed E-state index contributed by atoms with van der Waals surface area (Å²) in [5, 5.41) is 9.42. The first kappa shape index (κ1) is 15.9. The molecular weight excluding hydrogens is 367 g/mol. The molecule has 4 heteroatoms. The Bertz CT molecular complexity index is 751. The second-order valence-corrected chi connectivity index (χ2v) is 11.9. The predicted octanol–water partition coefficient (Wildman–Crippen LogP) is 3.28. The Balaban J connectivity index is 2.02. The van der Waals surface area contributed by atoms with Crippen molar-refractivity contribution in [3.8, 4) is 0 Å². The van der Waals surface area contributed by atoms with Crippen LogP contribution in [0.5, 0.6) is 0 Å². The van der Waals surface area contributed by atoms with E-state index in [1.54, 1.807) is 22.2 Å². The number of carbonyl (C=O) groups is 1. The molecule has 1 N–H and O–H groups in total. The molecule has 0 atom stereocenters. The molecule has 3 aromatic carbocycles. The van der Waals surface area contributed by atoms with Crippen molar-refractivity contribution in [2.24, 2.45) is 0 Å². The van der Waals surface area contributed by atoms with Crippen LogP contribution in [0.3, 0.4) is 0 Å². The summed E-state index contributed by atoms with van der Waals surface area (Å²) >= 11 is -1.68. The maximum absolute atomic E-state index is 11.5. The molecule has 0 saturated carbocycles. The molecule has 0 aliphatic rings. The maximum atomic E-state index is 11.5. The molecule has 114 valence electrons. The van der Waals surface area contributed by atoms with E-state index >= 15 is 0 Å². The number of hydrogen-bond donors (Lipinski definition) is 1. The van der Waals surface area contributed by atoms with Gasteiger partial charge in [0.15, 0.2) is 0 Å². The first-order valence-corrected chi connectivity index (χ1v) is 12.1. The van der Waals surface area contributed by atoms with Gasteiger partial charge in [0.1, 0.15) is 0 Å². The Morgan fingerprint density at radius 1 is 0.739 bits per heavy atom. The van der Waals surface area contributed by atoms with E-state index < -0.39 is 19.5 Å². The molecule has 0 aliphatic carbocycles. The average Bonchev–Trinajstić information content (AvgIpc) is 2.61. The van der Waals surface area contributed by atoms with Gasteiger partial charge in [0.2, 0.25) is 0 Å². The third-order valence-electron chi connectivity index (χ3n) is 3.29. The number of carboxylic acids is 1. The van der Waals surface area contributed by atoms with Crippen LogP contribution < -0.4 is 8.70 Å². The zero-order chi connectivity index (χ0) is 16.1. The molecule has 0 bridgehead atoms. The van der Waals surface area contributed by atoms with Crippen LogP contribution in [0, 0.1) is 0 Å². The SMILES string of the molecule is O=C(O)c1ccccc1S[As](c1ccccc1)c1ccccc1. The first-order chi connectivity index (χ1) is 11.3. The molecule has 0 spiro atoms.